The second-order valence-electron chi connectivity index (χ2n) is 6.70. The highest BCUT2D eigenvalue weighted by Crippen LogP contribution is 2.30. The average molecular weight is 318 g/mol. The lowest BCUT2D eigenvalue weighted by Crippen LogP contribution is -2.50. The van der Waals surface area contributed by atoms with Crippen LogP contribution in [0.15, 0.2) is 24.3 Å². The lowest BCUT2D eigenvalue weighted by atomic mass is 10.1. The molecule has 0 spiro atoms. The first kappa shape index (κ1) is 16.3. The fraction of sp³-hybridized carbons (Fsp3) is 0.611. The molecule has 1 aromatic rings. The molecule has 1 amide bonds. The largest absolute Gasteiger partial charge is 0.379 e. The van der Waals surface area contributed by atoms with E-state index in [0.717, 1.165) is 24.6 Å². The maximum Gasteiger partial charge on any atom is 0.251 e. The van der Waals surface area contributed by atoms with E-state index in [1.165, 1.54) is 12.8 Å². The number of hydrogen-bond donors (Lipinski definition) is 1. The second-order valence-corrected chi connectivity index (χ2v) is 6.70. The third-order valence-corrected chi connectivity index (χ3v) is 4.48. The van der Waals surface area contributed by atoms with Gasteiger partial charge in [0.1, 0.15) is 0 Å². The van der Waals surface area contributed by atoms with Crippen LogP contribution in [0.5, 0.6) is 0 Å². The highest BCUT2D eigenvalue weighted by atomic mass is 16.5. The van der Waals surface area contributed by atoms with E-state index in [-0.39, 0.29) is 18.1 Å². The molecule has 23 heavy (non-hydrogen) atoms. The van der Waals surface area contributed by atoms with Crippen molar-refractivity contribution in [2.24, 2.45) is 5.92 Å². The van der Waals surface area contributed by atoms with Crippen LogP contribution in [0.2, 0.25) is 0 Å². The highest BCUT2D eigenvalue weighted by Gasteiger charge is 2.30. The number of nitrogens with one attached hydrogen (secondary N) is 1. The Hall–Kier alpha value is -1.59. The van der Waals surface area contributed by atoms with Crippen LogP contribution in [-0.2, 0) is 9.47 Å². The lowest BCUT2D eigenvalue weighted by Gasteiger charge is -2.32. The summed E-state index contributed by atoms with van der Waals surface area (Å²) in [5.41, 5.74) is 1.68. The van der Waals surface area contributed by atoms with Gasteiger partial charge in [-0.1, -0.05) is 6.07 Å². The molecule has 1 aromatic carbocycles. The molecular weight excluding hydrogens is 292 g/mol. The number of nitrogens with zero attached hydrogens (tertiary/aromatic N) is 1. The van der Waals surface area contributed by atoms with Crippen molar-refractivity contribution in [3.05, 3.63) is 29.8 Å². The van der Waals surface area contributed by atoms with Crippen molar-refractivity contribution in [3.63, 3.8) is 0 Å². The van der Waals surface area contributed by atoms with E-state index >= 15 is 0 Å². The number of amides is 1. The Bertz CT molecular complexity index is 543. The van der Waals surface area contributed by atoms with Crippen molar-refractivity contribution in [3.8, 4) is 0 Å². The van der Waals surface area contributed by atoms with Gasteiger partial charge >= 0.3 is 0 Å². The molecule has 1 heterocycles. The van der Waals surface area contributed by atoms with Crippen molar-refractivity contribution in [1.29, 1.82) is 0 Å². The quantitative estimate of drug-likeness (QED) is 0.872. The fourth-order valence-electron chi connectivity index (χ4n) is 2.77. The molecule has 1 N–H and O–H groups in total. The molecule has 5 nitrogen and oxygen atoms in total. The van der Waals surface area contributed by atoms with Gasteiger partial charge in [-0.15, -0.1) is 0 Å². The molecule has 2 fully saturated rings. The van der Waals surface area contributed by atoms with Crippen LogP contribution in [0.1, 0.15) is 29.6 Å². The van der Waals surface area contributed by atoms with Crippen LogP contribution >= 0.6 is 0 Å². The van der Waals surface area contributed by atoms with Crippen molar-refractivity contribution in [2.75, 3.05) is 38.8 Å². The monoisotopic (exact) mass is 318 g/mol. The zero-order valence-corrected chi connectivity index (χ0v) is 14.0. The number of rotatable bonds is 6. The summed E-state index contributed by atoms with van der Waals surface area (Å²) in [6, 6.07) is 7.56. The second kappa shape index (κ2) is 7.32. The van der Waals surface area contributed by atoms with Crippen LogP contribution in [0.3, 0.4) is 0 Å². The molecule has 3 rings (SSSR count). The van der Waals surface area contributed by atoms with Gasteiger partial charge in [-0.05, 0) is 43.4 Å². The van der Waals surface area contributed by atoms with Crippen LogP contribution in [0.4, 0.5) is 5.69 Å². The Balaban J connectivity index is 1.61. The summed E-state index contributed by atoms with van der Waals surface area (Å²) in [6.45, 7) is 2.04. The Morgan fingerprint density at radius 1 is 1.35 bits per heavy atom. The first-order valence-electron chi connectivity index (χ1n) is 8.41. The van der Waals surface area contributed by atoms with Crippen molar-refractivity contribution in [2.45, 2.75) is 31.4 Å². The van der Waals surface area contributed by atoms with Crippen molar-refractivity contribution in [1.82, 2.24) is 5.32 Å². The molecule has 126 valence electrons. The van der Waals surface area contributed by atoms with E-state index < -0.39 is 0 Å². The first-order valence-corrected chi connectivity index (χ1v) is 8.41. The van der Waals surface area contributed by atoms with Gasteiger partial charge in [0, 0.05) is 38.6 Å². The normalized spacial score (nSPS) is 24.3. The topological polar surface area (TPSA) is 50.8 Å². The molecule has 0 aromatic heterocycles. The number of ether oxygens (including phenoxy) is 2. The van der Waals surface area contributed by atoms with Gasteiger partial charge in [0.05, 0.1) is 18.8 Å². The summed E-state index contributed by atoms with van der Waals surface area (Å²) in [4.78, 5) is 14.5. The van der Waals surface area contributed by atoms with Crippen LogP contribution < -0.4 is 10.2 Å². The molecule has 5 heteroatoms. The number of hydrogen-bond acceptors (Lipinski definition) is 4. The zero-order valence-electron chi connectivity index (χ0n) is 14.0. The Labute approximate surface area is 137 Å². The van der Waals surface area contributed by atoms with E-state index in [9.17, 15) is 4.79 Å². The number of anilines is 1. The number of carbonyl (C=O) groups excluding carboxylic acids is 1. The molecule has 0 unspecified atom stereocenters. The summed E-state index contributed by atoms with van der Waals surface area (Å²) in [6.07, 6.45) is 3.45. The molecule has 0 bridgehead atoms. The van der Waals surface area contributed by atoms with Gasteiger partial charge in [-0.2, -0.15) is 0 Å². The van der Waals surface area contributed by atoms with Gasteiger partial charge in [0.2, 0.25) is 0 Å². The zero-order chi connectivity index (χ0) is 16.2. The molecule has 2 atom stereocenters. The first-order chi connectivity index (χ1) is 11.1. The summed E-state index contributed by atoms with van der Waals surface area (Å²) < 4.78 is 11.5. The van der Waals surface area contributed by atoms with E-state index in [0.29, 0.717) is 18.8 Å². The molecule has 1 saturated carbocycles. The minimum absolute atomic E-state index is 0.0605. The number of benzene rings is 1. The van der Waals surface area contributed by atoms with E-state index in [1.807, 2.05) is 43.3 Å². The molecule has 2 aliphatic rings. The summed E-state index contributed by atoms with van der Waals surface area (Å²) in [5.74, 6) is 0.662. The smallest absolute Gasteiger partial charge is 0.251 e. The maximum absolute atomic E-state index is 12.5. The molecule has 0 radical (unpaired) electrons. The van der Waals surface area contributed by atoms with Crippen LogP contribution in [-0.4, -0.2) is 52.0 Å². The fourth-order valence-corrected chi connectivity index (χ4v) is 2.77. The summed E-state index contributed by atoms with van der Waals surface area (Å²) >= 11 is 0. The van der Waals surface area contributed by atoms with Gasteiger partial charge in [0.15, 0.2) is 0 Å². The minimum Gasteiger partial charge on any atom is -0.379 e. The minimum atomic E-state index is -0.0713. The lowest BCUT2D eigenvalue weighted by molar-refractivity contribution is -0.0567. The van der Waals surface area contributed by atoms with Gasteiger partial charge in [0.25, 0.3) is 5.91 Å². The molecule has 1 aliphatic carbocycles. The molecular formula is C18H26N2O3. The highest BCUT2D eigenvalue weighted by molar-refractivity contribution is 5.95. The third-order valence-electron chi connectivity index (χ3n) is 4.48. The van der Waals surface area contributed by atoms with E-state index in [4.69, 9.17) is 9.47 Å². The predicted molar refractivity (Wildman–Crippen MR) is 89.9 cm³/mol. The Morgan fingerprint density at radius 3 is 2.91 bits per heavy atom. The van der Waals surface area contributed by atoms with E-state index in [1.54, 1.807) is 0 Å². The number of carbonyl (C=O) groups is 1. The summed E-state index contributed by atoms with van der Waals surface area (Å²) in [7, 11) is 3.93. The Morgan fingerprint density at radius 2 is 2.17 bits per heavy atom. The summed E-state index contributed by atoms with van der Waals surface area (Å²) in [5, 5.41) is 3.09. The van der Waals surface area contributed by atoms with Crippen LogP contribution in [0, 0.1) is 5.92 Å². The predicted octanol–water partition coefficient (Wildman–Crippen LogP) is 2.07. The third kappa shape index (κ3) is 4.45. The molecule has 1 aliphatic heterocycles. The van der Waals surface area contributed by atoms with Crippen molar-refractivity contribution >= 4 is 11.6 Å². The Kier molecular flexibility index (Phi) is 5.18. The van der Waals surface area contributed by atoms with E-state index in [2.05, 4.69) is 5.32 Å². The standard InChI is InChI=1S/C18H26N2O3/c1-20(2)15-5-3-4-14(10-15)18(21)19-16-12-22-9-8-17(16)23-11-13-6-7-13/h3-5,10,13,16-17H,6-9,11-12H2,1-2H3,(H,19,21)/t16-,17+/m1/s1. The SMILES string of the molecule is CN(C)c1cccc(C(=O)N[C@@H]2COCC[C@@H]2OCC2CC2)c1. The van der Waals surface area contributed by atoms with Gasteiger partial charge < -0.3 is 19.7 Å². The maximum atomic E-state index is 12.5. The average Bonchev–Trinajstić information content (AvgIpc) is 3.38. The van der Waals surface area contributed by atoms with Crippen molar-refractivity contribution < 1.29 is 14.3 Å². The van der Waals surface area contributed by atoms with Gasteiger partial charge in [-0.25, -0.2) is 0 Å². The van der Waals surface area contributed by atoms with Gasteiger partial charge in [-0.3, -0.25) is 4.79 Å². The molecule has 1 saturated heterocycles. The van der Waals surface area contributed by atoms with Crippen LogP contribution in [0.25, 0.3) is 0 Å².